The van der Waals surface area contributed by atoms with Crippen molar-refractivity contribution in [3.63, 3.8) is 0 Å². The summed E-state index contributed by atoms with van der Waals surface area (Å²) in [4.78, 5) is 17.8. The molecule has 0 aliphatic carbocycles. The van der Waals surface area contributed by atoms with E-state index < -0.39 is 15.8 Å². The van der Waals surface area contributed by atoms with Crippen LogP contribution in [0.1, 0.15) is 5.89 Å². The first-order valence-electron chi connectivity index (χ1n) is 6.94. The van der Waals surface area contributed by atoms with Crippen LogP contribution in [-0.4, -0.2) is 18.4 Å². The number of benzene rings is 2. The maximum Gasteiger partial charge on any atom is 0.417 e. The third kappa shape index (κ3) is 2.44. The molecule has 4 aromatic rings. The number of rotatable bonds is 3. The van der Waals surface area contributed by atoms with Crippen molar-refractivity contribution >= 4 is 37.9 Å². The Morgan fingerprint density at radius 2 is 1.92 bits per heavy atom. The van der Waals surface area contributed by atoms with Crippen molar-refractivity contribution in [1.82, 2.24) is 9.97 Å². The van der Waals surface area contributed by atoms with Crippen LogP contribution >= 0.6 is 0 Å². The number of hydrogen-bond donors (Lipinski definition) is 2. The van der Waals surface area contributed by atoms with E-state index in [1.54, 1.807) is 25.1 Å². The van der Waals surface area contributed by atoms with Crippen molar-refractivity contribution in [2.45, 2.75) is 11.8 Å². The molecule has 2 aromatic carbocycles. The Labute approximate surface area is 135 Å². The lowest BCUT2D eigenvalue weighted by molar-refractivity contribution is 0.554. The van der Waals surface area contributed by atoms with E-state index in [0.717, 1.165) is 0 Å². The van der Waals surface area contributed by atoms with E-state index >= 15 is 0 Å². The average molecular weight is 345 g/mol. The Morgan fingerprint density at radius 3 is 2.75 bits per heavy atom. The highest BCUT2D eigenvalue weighted by molar-refractivity contribution is 7.92. The molecule has 0 aliphatic heterocycles. The van der Waals surface area contributed by atoms with Gasteiger partial charge >= 0.3 is 5.76 Å². The van der Waals surface area contributed by atoms with Crippen LogP contribution in [0, 0.1) is 6.92 Å². The van der Waals surface area contributed by atoms with Crippen molar-refractivity contribution in [2.24, 2.45) is 0 Å². The van der Waals surface area contributed by atoms with E-state index in [4.69, 9.17) is 8.83 Å². The van der Waals surface area contributed by atoms with Gasteiger partial charge in [-0.2, -0.15) is 0 Å². The van der Waals surface area contributed by atoms with Gasteiger partial charge in [0.1, 0.15) is 5.52 Å². The van der Waals surface area contributed by atoms with Gasteiger partial charge in [0.15, 0.2) is 17.1 Å². The molecule has 0 unspecified atom stereocenters. The summed E-state index contributed by atoms with van der Waals surface area (Å²) < 4.78 is 37.8. The maximum atomic E-state index is 12.5. The van der Waals surface area contributed by atoms with E-state index in [0.29, 0.717) is 28.2 Å². The number of oxazole rings is 2. The number of sulfonamides is 1. The van der Waals surface area contributed by atoms with Crippen molar-refractivity contribution in [2.75, 3.05) is 4.72 Å². The highest BCUT2D eigenvalue weighted by Crippen LogP contribution is 2.23. The van der Waals surface area contributed by atoms with E-state index in [1.807, 2.05) is 0 Å². The third-order valence-electron chi connectivity index (χ3n) is 3.45. The monoisotopic (exact) mass is 345 g/mol. The number of aryl methyl sites for hydroxylation is 1. The standard InChI is InChI=1S/C15H11N3O5S/c1-8-16-11-4-2-9(6-13(11)22-8)18-24(20,21)10-3-5-12-14(7-10)23-15(19)17-12/h2-7,18H,1H3,(H,17,19). The van der Waals surface area contributed by atoms with Crippen LogP contribution in [-0.2, 0) is 10.0 Å². The quantitative estimate of drug-likeness (QED) is 0.588. The van der Waals surface area contributed by atoms with Crippen molar-refractivity contribution in [3.8, 4) is 0 Å². The summed E-state index contributed by atoms with van der Waals surface area (Å²) in [5.41, 5.74) is 2.07. The SMILES string of the molecule is Cc1nc2ccc(NS(=O)(=O)c3ccc4[nH]c(=O)oc4c3)cc2o1. The summed E-state index contributed by atoms with van der Waals surface area (Å²) in [6, 6.07) is 8.95. The number of nitrogens with one attached hydrogen (secondary N) is 2. The zero-order valence-electron chi connectivity index (χ0n) is 12.4. The average Bonchev–Trinajstić information content (AvgIpc) is 3.05. The summed E-state index contributed by atoms with van der Waals surface area (Å²) in [7, 11) is -3.85. The summed E-state index contributed by atoms with van der Waals surface area (Å²) >= 11 is 0. The first kappa shape index (κ1) is 14.5. The molecule has 2 N–H and O–H groups in total. The van der Waals surface area contributed by atoms with Gasteiger partial charge in [-0.15, -0.1) is 0 Å². The molecule has 4 rings (SSSR count). The molecule has 0 saturated heterocycles. The van der Waals surface area contributed by atoms with Gasteiger partial charge in [-0.05, 0) is 24.3 Å². The van der Waals surface area contributed by atoms with Gasteiger partial charge in [0.2, 0.25) is 0 Å². The first-order valence-corrected chi connectivity index (χ1v) is 8.42. The van der Waals surface area contributed by atoms with Gasteiger partial charge in [-0.25, -0.2) is 18.2 Å². The molecule has 122 valence electrons. The van der Waals surface area contributed by atoms with E-state index in [2.05, 4.69) is 14.7 Å². The molecule has 0 amide bonds. The molecular formula is C15H11N3O5S. The van der Waals surface area contributed by atoms with Gasteiger partial charge in [0.25, 0.3) is 10.0 Å². The number of anilines is 1. The van der Waals surface area contributed by atoms with Gasteiger partial charge in [-0.1, -0.05) is 0 Å². The predicted octanol–water partition coefficient (Wildman–Crippen LogP) is 2.37. The molecule has 0 aliphatic rings. The minimum Gasteiger partial charge on any atom is -0.441 e. The van der Waals surface area contributed by atoms with Crippen molar-refractivity contribution in [1.29, 1.82) is 0 Å². The Bertz CT molecular complexity index is 1230. The van der Waals surface area contributed by atoms with Crippen LogP contribution in [0.2, 0.25) is 0 Å². The molecule has 0 atom stereocenters. The first-order chi connectivity index (χ1) is 11.4. The molecule has 0 spiro atoms. The van der Waals surface area contributed by atoms with Gasteiger partial charge in [0.05, 0.1) is 16.1 Å². The molecule has 0 bridgehead atoms. The summed E-state index contributed by atoms with van der Waals surface area (Å²) in [5.74, 6) is -0.142. The number of aromatic amines is 1. The fourth-order valence-corrected chi connectivity index (χ4v) is 3.47. The molecular weight excluding hydrogens is 334 g/mol. The predicted molar refractivity (Wildman–Crippen MR) is 86.4 cm³/mol. The Hall–Kier alpha value is -3.07. The fourth-order valence-electron chi connectivity index (χ4n) is 2.41. The van der Waals surface area contributed by atoms with Gasteiger partial charge < -0.3 is 8.83 Å². The smallest absolute Gasteiger partial charge is 0.417 e. The van der Waals surface area contributed by atoms with Crippen LogP contribution in [0.25, 0.3) is 22.2 Å². The number of aromatic nitrogens is 2. The molecule has 0 fully saturated rings. The number of hydrogen-bond acceptors (Lipinski definition) is 6. The molecule has 8 nitrogen and oxygen atoms in total. The normalized spacial score (nSPS) is 12.0. The van der Waals surface area contributed by atoms with E-state index in [1.165, 1.54) is 18.2 Å². The van der Waals surface area contributed by atoms with Crippen molar-refractivity contribution < 1.29 is 17.3 Å². The van der Waals surface area contributed by atoms with Gasteiger partial charge in [0, 0.05) is 19.1 Å². The second kappa shape index (κ2) is 4.96. The minimum absolute atomic E-state index is 0.0217. The van der Waals surface area contributed by atoms with Crippen LogP contribution in [0.3, 0.4) is 0 Å². The van der Waals surface area contributed by atoms with E-state index in [9.17, 15) is 13.2 Å². The molecule has 0 radical (unpaired) electrons. The lowest BCUT2D eigenvalue weighted by Crippen LogP contribution is -2.12. The Balaban J connectivity index is 1.73. The molecule has 9 heteroatoms. The Kier molecular flexibility index (Phi) is 3.00. The van der Waals surface area contributed by atoms with Crippen LogP contribution in [0.4, 0.5) is 5.69 Å². The fraction of sp³-hybridized carbons (Fsp3) is 0.0667. The number of H-pyrrole nitrogens is 1. The van der Waals surface area contributed by atoms with Crippen molar-refractivity contribution in [3.05, 3.63) is 52.8 Å². The molecule has 2 heterocycles. The van der Waals surface area contributed by atoms with E-state index in [-0.39, 0.29) is 10.5 Å². The Morgan fingerprint density at radius 1 is 1.08 bits per heavy atom. The maximum absolute atomic E-state index is 12.5. The number of nitrogens with zero attached hydrogens (tertiary/aromatic N) is 1. The number of fused-ring (bicyclic) bond motifs is 2. The van der Waals surface area contributed by atoms with Crippen LogP contribution in [0.5, 0.6) is 0 Å². The minimum atomic E-state index is -3.85. The molecule has 24 heavy (non-hydrogen) atoms. The largest absolute Gasteiger partial charge is 0.441 e. The van der Waals surface area contributed by atoms with Crippen LogP contribution in [0.15, 0.2) is 54.9 Å². The molecule has 2 aromatic heterocycles. The lowest BCUT2D eigenvalue weighted by atomic mass is 10.3. The second-order valence-electron chi connectivity index (χ2n) is 5.19. The highest BCUT2D eigenvalue weighted by atomic mass is 32.2. The zero-order chi connectivity index (χ0) is 16.9. The summed E-state index contributed by atoms with van der Waals surface area (Å²) in [6.07, 6.45) is 0. The second-order valence-corrected chi connectivity index (χ2v) is 6.88. The summed E-state index contributed by atoms with van der Waals surface area (Å²) in [6.45, 7) is 1.71. The van der Waals surface area contributed by atoms with Crippen LogP contribution < -0.4 is 10.5 Å². The lowest BCUT2D eigenvalue weighted by Gasteiger charge is -2.07. The molecule has 0 saturated carbocycles. The third-order valence-corrected chi connectivity index (χ3v) is 4.83. The zero-order valence-corrected chi connectivity index (χ0v) is 13.2. The van der Waals surface area contributed by atoms with Gasteiger partial charge in [-0.3, -0.25) is 9.71 Å². The summed E-state index contributed by atoms with van der Waals surface area (Å²) in [5, 5.41) is 0. The highest BCUT2D eigenvalue weighted by Gasteiger charge is 2.17. The topological polar surface area (TPSA) is 118 Å².